The first-order valence-corrected chi connectivity index (χ1v) is 9.30. The molecule has 1 saturated heterocycles. The molecule has 2 aliphatic heterocycles. The van der Waals surface area contributed by atoms with Crippen molar-refractivity contribution in [1.29, 1.82) is 0 Å². The molecule has 0 bridgehead atoms. The summed E-state index contributed by atoms with van der Waals surface area (Å²) in [6, 6.07) is 2.03. The number of thiophene rings is 1. The zero-order valence-electron chi connectivity index (χ0n) is 14.3. The number of fused-ring (bicyclic) bond motifs is 2. The quantitative estimate of drug-likeness (QED) is 0.797. The van der Waals surface area contributed by atoms with Gasteiger partial charge in [0.2, 0.25) is 5.91 Å². The summed E-state index contributed by atoms with van der Waals surface area (Å²) in [5, 5.41) is 5.55. The highest BCUT2D eigenvalue weighted by Crippen LogP contribution is 2.44. The Kier molecular flexibility index (Phi) is 5.22. The second-order valence-electron chi connectivity index (χ2n) is 6.58. The van der Waals surface area contributed by atoms with Gasteiger partial charge >= 0.3 is 0 Å². The molecule has 0 radical (unpaired) electrons. The fourth-order valence-electron chi connectivity index (χ4n) is 3.42. The van der Waals surface area contributed by atoms with Gasteiger partial charge in [-0.15, -0.1) is 11.3 Å². The van der Waals surface area contributed by atoms with Crippen LogP contribution in [0.3, 0.4) is 0 Å². The maximum atomic E-state index is 12.4. The molecular weight excluding hydrogens is 326 g/mol. The molecular formula is C17H25N3O3S. The average molecular weight is 351 g/mol. The van der Waals surface area contributed by atoms with E-state index in [0.29, 0.717) is 13.1 Å². The molecule has 1 aromatic rings. The largest absolute Gasteiger partial charge is 0.370 e. The first kappa shape index (κ1) is 17.4. The lowest BCUT2D eigenvalue weighted by molar-refractivity contribution is -0.118. The van der Waals surface area contributed by atoms with Crippen molar-refractivity contribution in [2.24, 2.45) is 0 Å². The Labute approximate surface area is 146 Å². The van der Waals surface area contributed by atoms with Gasteiger partial charge in [-0.25, -0.2) is 0 Å². The Bertz CT molecular complexity index is 621. The van der Waals surface area contributed by atoms with Crippen molar-refractivity contribution >= 4 is 23.2 Å². The van der Waals surface area contributed by atoms with Crippen LogP contribution in [0.2, 0.25) is 0 Å². The third kappa shape index (κ3) is 3.63. The topological polar surface area (TPSA) is 70.7 Å². The highest BCUT2D eigenvalue weighted by molar-refractivity contribution is 7.14. The summed E-state index contributed by atoms with van der Waals surface area (Å²) >= 11 is 1.58. The molecule has 0 unspecified atom stereocenters. The number of hydrogen-bond acceptors (Lipinski definition) is 5. The summed E-state index contributed by atoms with van der Waals surface area (Å²) in [5.74, 6) is -0.153. The minimum absolute atomic E-state index is 0.0668. The summed E-state index contributed by atoms with van der Waals surface area (Å²) in [4.78, 5) is 27.6. The van der Waals surface area contributed by atoms with E-state index in [1.54, 1.807) is 11.3 Å². The molecule has 1 fully saturated rings. The first-order valence-electron chi connectivity index (χ1n) is 8.48. The summed E-state index contributed by atoms with van der Waals surface area (Å²) in [6.45, 7) is 5.14. The number of rotatable bonds is 4. The Morgan fingerprint density at radius 1 is 1.29 bits per heavy atom. The van der Waals surface area contributed by atoms with Crippen LogP contribution < -0.4 is 10.6 Å². The van der Waals surface area contributed by atoms with Crippen LogP contribution in [0.15, 0.2) is 6.07 Å². The normalized spacial score (nSPS) is 19.8. The van der Waals surface area contributed by atoms with Gasteiger partial charge in [0.15, 0.2) is 0 Å². The second kappa shape index (κ2) is 7.21. The van der Waals surface area contributed by atoms with Crippen LogP contribution in [-0.2, 0) is 21.6 Å². The van der Waals surface area contributed by atoms with E-state index in [9.17, 15) is 9.59 Å². The van der Waals surface area contributed by atoms with E-state index in [1.807, 2.05) is 6.07 Å². The van der Waals surface area contributed by atoms with E-state index in [2.05, 4.69) is 22.6 Å². The van der Waals surface area contributed by atoms with E-state index in [4.69, 9.17) is 4.74 Å². The van der Waals surface area contributed by atoms with Crippen molar-refractivity contribution in [3.8, 4) is 0 Å². The van der Waals surface area contributed by atoms with Crippen molar-refractivity contribution < 1.29 is 14.3 Å². The van der Waals surface area contributed by atoms with Crippen LogP contribution >= 0.6 is 11.3 Å². The van der Waals surface area contributed by atoms with Crippen molar-refractivity contribution in [2.45, 2.75) is 31.8 Å². The van der Waals surface area contributed by atoms with Crippen molar-refractivity contribution in [2.75, 3.05) is 39.8 Å². The lowest BCUT2D eigenvalue weighted by atomic mass is 9.82. The molecule has 3 rings (SSSR count). The van der Waals surface area contributed by atoms with Crippen LogP contribution in [0, 0.1) is 0 Å². The Morgan fingerprint density at radius 3 is 2.71 bits per heavy atom. The third-order valence-electron chi connectivity index (χ3n) is 4.81. The maximum Gasteiger partial charge on any atom is 0.261 e. The fourth-order valence-corrected chi connectivity index (χ4v) is 4.57. The lowest BCUT2D eigenvalue weighted by Gasteiger charge is -2.43. The summed E-state index contributed by atoms with van der Waals surface area (Å²) in [5.41, 5.74) is 1.02. The van der Waals surface area contributed by atoms with Crippen LogP contribution in [-0.4, -0.2) is 56.5 Å². The highest BCUT2D eigenvalue weighted by Gasteiger charge is 2.41. The van der Waals surface area contributed by atoms with E-state index >= 15 is 0 Å². The molecule has 0 aromatic carbocycles. The van der Waals surface area contributed by atoms with Gasteiger partial charge in [0, 0.05) is 44.4 Å². The maximum absolute atomic E-state index is 12.4. The molecule has 132 valence electrons. The zero-order chi connectivity index (χ0) is 17.2. The minimum atomic E-state index is -0.203. The molecule has 6 nitrogen and oxygen atoms in total. The van der Waals surface area contributed by atoms with Gasteiger partial charge in [-0.2, -0.15) is 0 Å². The van der Waals surface area contributed by atoms with Gasteiger partial charge in [0.1, 0.15) is 0 Å². The number of hydrogen-bond donors (Lipinski definition) is 2. The van der Waals surface area contributed by atoms with Crippen LogP contribution in [0.1, 0.15) is 39.9 Å². The van der Waals surface area contributed by atoms with Gasteiger partial charge in [-0.1, -0.05) is 0 Å². The lowest BCUT2D eigenvalue weighted by Crippen LogP contribution is -2.44. The third-order valence-corrected chi connectivity index (χ3v) is 6.00. The zero-order valence-corrected chi connectivity index (χ0v) is 15.1. The Hall–Kier alpha value is -1.44. The van der Waals surface area contributed by atoms with Gasteiger partial charge in [-0.3, -0.25) is 9.59 Å². The molecule has 2 amide bonds. The van der Waals surface area contributed by atoms with E-state index in [-0.39, 0.29) is 17.4 Å². The van der Waals surface area contributed by atoms with E-state index < -0.39 is 0 Å². The number of carbonyl (C=O) groups excluding carboxylic acids is 2. The smallest absolute Gasteiger partial charge is 0.261 e. The molecule has 2 aliphatic rings. The van der Waals surface area contributed by atoms with Gasteiger partial charge < -0.3 is 20.3 Å². The summed E-state index contributed by atoms with van der Waals surface area (Å²) in [7, 11) is 2.14. The standard InChI is InChI=1S/C17H25N3O3S/c1-12(21)18-6-7-19-16(22)15-11-13-14(24-15)3-10-23-17(13)4-8-20(2)9-5-17/h11H,3-10H2,1-2H3,(H,18,21)(H,19,22). The second-order valence-corrected chi connectivity index (χ2v) is 7.72. The van der Waals surface area contributed by atoms with Gasteiger partial charge in [-0.05, 0) is 31.5 Å². The molecule has 24 heavy (non-hydrogen) atoms. The molecule has 1 aromatic heterocycles. The molecule has 0 saturated carbocycles. The number of carbonyl (C=O) groups is 2. The highest BCUT2D eigenvalue weighted by atomic mass is 32.1. The SMILES string of the molecule is CC(=O)NCCNC(=O)c1cc2c(s1)CCOC21CCN(C)CC1. The van der Waals surface area contributed by atoms with Gasteiger partial charge in [0.05, 0.1) is 17.1 Å². The van der Waals surface area contributed by atoms with Crippen LogP contribution in [0.4, 0.5) is 0 Å². The first-order chi connectivity index (χ1) is 11.5. The number of nitrogens with zero attached hydrogens (tertiary/aromatic N) is 1. The molecule has 3 heterocycles. The van der Waals surface area contributed by atoms with Crippen LogP contribution in [0.5, 0.6) is 0 Å². The number of ether oxygens (including phenoxy) is 1. The average Bonchev–Trinajstić information content (AvgIpc) is 3.00. The molecule has 0 aliphatic carbocycles. The number of likely N-dealkylation sites (tertiary alicyclic amines) is 1. The monoisotopic (exact) mass is 351 g/mol. The Morgan fingerprint density at radius 2 is 2.00 bits per heavy atom. The number of piperidine rings is 1. The minimum Gasteiger partial charge on any atom is -0.370 e. The molecule has 1 spiro atoms. The van der Waals surface area contributed by atoms with Crippen molar-refractivity contribution in [3.05, 3.63) is 21.4 Å². The molecule has 0 atom stereocenters. The molecule has 7 heteroatoms. The molecule has 2 N–H and O–H groups in total. The van der Waals surface area contributed by atoms with Gasteiger partial charge in [0.25, 0.3) is 5.91 Å². The Balaban J connectivity index is 1.68. The van der Waals surface area contributed by atoms with E-state index in [1.165, 1.54) is 17.4 Å². The summed E-state index contributed by atoms with van der Waals surface area (Å²) < 4.78 is 6.20. The fraction of sp³-hybridized carbons (Fsp3) is 0.647. The number of nitrogens with one attached hydrogen (secondary N) is 2. The summed E-state index contributed by atoms with van der Waals surface area (Å²) in [6.07, 6.45) is 2.85. The van der Waals surface area contributed by atoms with Crippen molar-refractivity contribution in [3.63, 3.8) is 0 Å². The predicted molar refractivity (Wildman–Crippen MR) is 93.4 cm³/mol. The van der Waals surface area contributed by atoms with Crippen molar-refractivity contribution in [1.82, 2.24) is 15.5 Å². The van der Waals surface area contributed by atoms with Crippen LogP contribution in [0.25, 0.3) is 0 Å². The van der Waals surface area contributed by atoms with E-state index in [0.717, 1.165) is 43.8 Å². The number of amides is 2. The predicted octanol–water partition coefficient (Wildman–Crippen LogP) is 1.11.